The van der Waals surface area contributed by atoms with Crippen LogP contribution in [0.5, 0.6) is 0 Å². The first-order valence-corrected chi connectivity index (χ1v) is 10.8. The third-order valence-corrected chi connectivity index (χ3v) is 7.14. The van der Waals surface area contributed by atoms with Crippen LogP contribution in [-0.4, -0.2) is 52.8 Å². The first-order chi connectivity index (χ1) is 14.6. The number of aromatic nitrogens is 1. The smallest absolute Gasteiger partial charge is 0.393 e. The number of hydrogen-bond donors (Lipinski definition) is 3. The van der Waals surface area contributed by atoms with E-state index in [0.717, 1.165) is 30.8 Å². The summed E-state index contributed by atoms with van der Waals surface area (Å²) in [6.45, 7) is 6.65. The van der Waals surface area contributed by atoms with Crippen LogP contribution >= 0.6 is 11.8 Å². The standard InChI is InChI=1S/C20H27F3N6OS/c1-12(29-8-5-19(6-9-29)11-13(30)10-15(19)24)28-17(25)18(26-2)31-14-4-3-7-27-16(14)20(21,22)23/h3-4,7,13,15,30H,2,5-6,8-11,24-25H2,1H3/b18-17+,28-12?/t13-,15-/m1/s1. The van der Waals surface area contributed by atoms with Crippen molar-refractivity contribution in [1.82, 2.24) is 9.88 Å². The van der Waals surface area contributed by atoms with Crippen molar-refractivity contribution < 1.29 is 18.3 Å². The molecule has 3 rings (SSSR count). The van der Waals surface area contributed by atoms with Gasteiger partial charge in [0, 0.05) is 30.2 Å². The van der Waals surface area contributed by atoms with E-state index < -0.39 is 11.9 Å². The Labute approximate surface area is 183 Å². The second kappa shape index (κ2) is 9.17. The van der Waals surface area contributed by atoms with E-state index in [1.54, 1.807) is 6.92 Å². The molecule has 1 aromatic rings. The van der Waals surface area contributed by atoms with Crippen LogP contribution < -0.4 is 11.5 Å². The molecular formula is C20H27F3N6OS. The second-order valence-electron chi connectivity index (χ2n) is 8.01. The van der Waals surface area contributed by atoms with Crippen LogP contribution in [0.3, 0.4) is 0 Å². The highest BCUT2D eigenvalue weighted by Crippen LogP contribution is 2.45. The van der Waals surface area contributed by atoms with E-state index in [0.29, 0.717) is 31.8 Å². The molecule has 1 aliphatic carbocycles. The summed E-state index contributed by atoms with van der Waals surface area (Å²) in [6, 6.07) is 2.71. The van der Waals surface area contributed by atoms with Crippen LogP contribution in [0, 0.1) is 5.41 Å². The third kappa shape index (κ3) is 5.21. The summed E-state index contributed by atoms with van der Waals surface area (Å²) in [4.78, 5) is 13.5. The zero-order chi connectivity index (χ0) is 22.8. The lowest BCUT2D eigenvalue weighted by Gasteiger charge is -2.42. The SMILES string of the molecule is C=N/C(Sc1cccnc1C(F)(F)F)=C(/N)N=C(C)N1CCC2(CC1)C[C@H](O)C[C@H]2N. The average molecular weight is 457 g/mol. The van der Waals surface area contributed by atoms with Crippen molar-refractivity contribution >= 4 is 24.3 Å². The zero-order valence-electron chi connectivity index (χ0n) is 17.3. The maximum absolute atomic E-state index is 13.2. The Kier molecular flexibility index (Phi) is 6.97. The van der Waals surface area contributed by atoms with Crippen molar-refractivity contribution in [2.24, 2.45) is 26.9 Å². The summed E-state index contributed by atoms with van der Waals surface area (Å²) in [6.07, 6.45) is -0.829. The number of aliphatic imine (C=N–C) groups is 2. The van der Waals surface area contributed by atoms with E-state index in [9.17, 15) is 18.3 Å². The molecule has 1 aliphatic heterocycles. The fraction of sp³-hybridized carbons (Fsp3) is 0.550. The maximum Gasteiger partial charge on any atom is 0.434 e. The van der Waals surface area contributed by atoms with Crippen LogP contribution in [0.1, 0.15) is 38.3 Å². The molecule has 1 spiro atoms. The van der Waals surface area contributed by atoms with Gasteiger partial charge in [0.25, 0.3) is 0 Å². The zero-order valence-corrected chi connectivity index (χ0v) is 18.1. The number of halogens is 3. The summed E-state index contributed by atoms with van der Waals surface area (Å²) in [5.74, 6) is 0.631. The molecule has 2 aliphatic rings. The largest absolute Gasteiger partial charge is 0.434 e. The Morgan fingerprint density at radius 2 is 2.06 bits per heavy atom. The van der Waals surface area contributed by atoms with Gasteiger partial charge in [0.15, 0.2) is 11.5 Å². The van der Waals surface area contributed by atoms with Gasteiger partial charge in [-0.15, -0.1) is 0 Å². The fourth-order valence-electron chi connectivity index (χ4n) is 4.35. The van der Waals surface area contributed by atoms with Gasteiger partial charge in [0.05, 0.1) is 6.10 Å². The number of piperidine rings is 1. The Morgan fingerprint density at radius 1 is 1.39 bits per heavy atom. The predicted octanol–water partition coefficient (Wildman–Crippen LogP) is 2.96. The molecule has 2 fully saturated rings. The highest BCUT2D eigenvalue weighted by Gasteiger charge is 2.46. The molecular weight excluding hydrogens is 429 g/mol. The minimum Gasteiger partial charge on any atom is -0.393 e. The lowest BCUT2D eigenvalue weighted by Crippen LogP contribution is -2.48. The molecule has 11 heteroatoms. The molecule has 0 radical (unpaired) electrons. The quantitative estimate of drug-likeness (QED) is 0.365. The number of rotatable bonds is 4. The number of thioether (sulfide) groups is 1. The van der Waals surface area contributed by atoms with E-state index in [4.69, 9.17) is 11.5 Å². The molecule has 0 amide bonds. The van der Waals surface area contributed by atoms with Gasteiger partial charge in [0.2, 0.25) is 0 Å². The Morgan fingerprint density at radius 3 is 2.61 bits per heavy atom. The molecule has 1 aromatic heterocycles. The van der Waals surface area contributed by atoms with E-state index in [-0.39, 0.29) is 33.3 Å². The molecule has 0 aromatic carbocycles. The molecule has 5 N–H and O–H groups in total. The highest BCUT2D eigenvalue weighted by atomic mass is 32.2. The van der Waals surface area contributed by atoms with Crippen molar-refractivity contribution in [2.75, 3.05) is 13.1 Å². The number of nitrogens with zero attached hydrogens (tertiary/aromatic N) is 4. The van der Waals surface area contributed by atoms with Crippen molar-refractivity contribution in [1.29, 1.82) is 0 Å². The number of pyridine rings is 1. The summed E-state index contributed by atoms with van der Waals surface area (Å²) < 4.78 is 39.6. The number of alkyl halides is 3. The average Bonchev–Trinajstić information content (AvgIpc) is 2.98. The second-order valence-corrected chi connectivity index (χ2v) is 9.04. The van der Waals surface area contributed by atoms with Crippen LogP contribution in [0.2, 0.25) is 0 Å². The third-order valence-electron chi connectivity index (χ3n) is 6.06. The molecule has 0 bridgehead atoms. The molecule has 2 heterocycles. The number of nitrogens with two attached hydrogens (primary N) is 2. The van der Waals surface area contributed by atoms with Gasteiger partial charge < -0.3 is 21.5 Å². The van der Waals surface area contributed by atoms with E-state index in [2.05, 4.69) is 26.6 Å². The van der Waals surface area contributed by atoms with Gasteiger partial charge in [0.1, 0.15) is 10.9 Å². The first-order valence-electron chi connectivity index (χ1n) is 9.96. The normalized spacial score (nSPS) is 25.0. The number of hydrogen-bond acceptors (Lipinski definition) is 7. The van der Waals surface area contributed by atoms with Crippen LogP contribution in [0.25, 0.3) is 0 Å². The highest BCUT2D eigenvalue weighted by molar-refractivity contribution is 8.03. The van der Waals surface area contributed by atoms with Gasteiger partial charge in [-0.05, 0) is 56.9 Å². The summed E-state index contributed by atoms with van der Waals surface area (Å²) >= 11 is 0.728. The number of aliphatic hydroxyl groups is 1. The molecule has 1 saturated heterocycles. The predicted molar refractivity (Wildman–Crippen MR) is 115 cm³/mol. The number of likely N-dealkylation sites (tertiary alicyclic amines) is 1. The van der Waals surface area contributed by atoms with Gasteiger partial charge in [-0.3, -0.25) is 9.98 Å². The minimum atomic E-state index is -4.59. The van der Waals surface area contributed by atoms with E-state index in [1.807, 2.05) is 0 Å². The Hall–Kier alpha value is -2.11. The van der Waals surface area contributed by atoms with Gasteiger partial charge >= 0.3 is 6.18 Å². The van der Waals surface area contributed by atoms with Crippen molar-refractivity contribution in [3.8, 4) is 0 Å². The summed E-state index contributed by atoms with van der Waals surface area (Å²) in [5.41, 5.74) is 11.3. The maximum atomic E-state index is 13.2. The topological polar surface area (TPSA) is 113 Å². The molecule has 7 nitrogen and oxygen atoms in total. The summed E-state index contributed by atoms with van der Waals surface area (Å²) in [7, 11) is 0. The van der Waals surface area contributed by atoms with Crippen molar-refractivity contribution in [3.05, 3.63) is 34.9 Å². The minimum absolute atomic E-state index is 0.0113. The Bertz CT molecular complexity index is 880. The summed E-state index contributed by atoms with van der Waals surface area (Å²) in [5, 5.41) is 10.0. The molecule has 2 atom stereocenters. The fourth-order valence-corrected chi connectivity index (χ4v) is 5.18. The van der Waals surface area contributed by atoms with Crippen LogP contribution in [-0.2, 0) is 6.18 Å². The molecule has 0 unspecified atom stereocenters. The van der Waals surface area contributed by atoms with Crippen LogP contribution in [0.15, 0.2) is 44.1 Å². The van der Waals surface area contributed by atoms with Gasteiger partial charge in [-0.2, -0.15) is 13.2 Å². The van der Waals surface area contributed by atoms with Gasteiger partial charge in [-0.1, -0.05) is 11.8 Å². The Balaban J connectivity index is 1.74. The lowest BCUT2D eigenvalue weighted by atomic mass is 9.74. The molecule has 31 heavy (non-hydrogen) atoms. The van der Waals surface area contributed by atoms with Crippen molar-refractivity contribution in [3.63, 3.8) is 0 Å². The van der Waals surface area contributed by atoms with Gasteiger partial charge in [-0.25, -0.2) is 4.99 Å². The van der Waals surface area contributed by atoms with Crippen LogP contribution in [0.4, 0.5) is 13.2 Å². The monoisotopic (exact) mass is 456 g/mol. The lowest BCUT2D eigenvalue weighted by molar-refractivity contribution is -0.143. The van der Waals surface area contributed by atoms with E-state index in [1.165, 1.54) is 12.1 Å². The number of amidine groups is 1. The van der Waals surface area contributed by atoms with Crippen molar-refractivity contribution in [2.45, 2.75) is 55.8 Å². The number of aliphatic hydroxyl groups excluding tert-OH is 1. The van der Waals surface area contributed by atoms with E-state index >= 15 is 0 Å². The first kappa shape index (κ1) is 23.6. The molecule has 170 valence electrons. The molecule has 1 saturated carbocycles.